The summed E-state index contributed by atoms with van der Waals surface area (Å²) < 4.78 is 22.2. The van der Waals surface area contributed by atoms with Crippen molar-refractivity contribution in [3.05, 3.63) is 118 Å². The summed E-state index contributed by atoms with van der Waals surface area (Å²) in [6, 6.07) is 26.8. The summed E-state index contributed by atoms with van der Waals surface area (Å²) in [5, 5.41) is 0. The largest absolute Gasteiger partial charge is 0.527 e. The lowest BCUT2D eigenvalue weighted by Gasteiger charge is -2.63. The van der Waals surface area contributed by atoms with Gasteiger partial charge in [0.15, 0.2) is 0 Å². The third kappa shape index (κ3) is 6.67. The van der Waals surface area contributed by atoms with E-state index in [0.717, 1.165) is 54.3 Å². The molecule has 63 heavy (non-hydrogen) atoms. The zero-order chi connectivity index (χ0) is 43.4. The van der Waals surface area contributed by atoms with Crippen LogP contribution >= 0.6 is 0 Å². The van der Waals surface area contributed by atoms with Crippen molar-refractivity contribution in [1.29, 1.82) is 0 Å². The molecule has 11 atom stereocenters. The standard InChI is InChI=1S/C55H58O8/c1-31(5-6-33-27-32(33)2)46-21-22-47-43-18-11-36-30-55(26-25-53(36,3)48(43)23-24-54(46,47)4,34-7-12-37(13-8-34)60-39-16-19-41-44(28-39)51(58)62-49(41)56)35-9-14-38(15-10-35)61-40-17-20-42-45(29-40)52(59)63-50(42)57/h7-10,12-17,19-20,28-29,31-33,36,43,46-48H,5-6,11,18,21-27,30H2,1-4H3/p+1. The van der Waals surface area contributed by atoms with E-state index < -0.39 is 23.9 Å². The summed E-state index contributed by atoms with van der Waals surface area (Å²) >= 11 is 0. The van der Waals surface area contributed by atoms with Crippen molar-refractivity contribution in [3.63, 3.8) is 0 Å². The zero-order valence-corrected chi connectivity index (χ0v) is 37.0. The fraction of sp³-hybridized carbons (Fsp3) is 0.491. The smallest absolute Gasteiger partial charge is 0.457 e. The second-order valence-corrected chi connectivity index (χ2v) is 21.2. The molecule has 4 aromatic carbocycles. The predicted octanol–water partition coefficient (Wildman–Crippen LogP) is 12.6. The number of rotatable bonds is 10. The second-order valence-electron chi connectivity index (χ2n) is 21.2. The molecule has 7 aliphatic rings. The Labute approximate surface area is 370 Å². The van der Waals surface area contributed by atoms with Crippen LogP contribution in [0.1, 0.15) is 153 Å². The predicted molar refractivity (Wildman–Crippen MR) is 239 cm³/mol. The fourth-order valence-corrected chi connectivity index (χ4v) is 14.6. The molecule has 2 heterocycles. The number of hydrogen-bond donors (Lipinski definition) is 0. The molecule has 11 rings (SSSR count). The quantitative estimate of drug-likeness (QED) is 0.0888. The van der Waals surface area contributed by atoms with E-state index in [9.17, 15) is 19.2 Å². The highest BCUT2D eigenvalue weighted by Crippen LogP contribution is 2.70. The molecule has 0 amide bonds. The molecular formula is C55H59O8+. The van der Waals surface area contributed by atoms with Gasteiger partial charge in [-0.1, -0.05) is 58.4 Å². The molecular weight excluding hydrogens is 789 g/mol. The summed E-state index contributed by atoms with van der Waals surface area (Å²) in [6.07, 6.45) is 15.8. The first-order valence-electron chi connectivity index (χ1n) is 23.7. The molecule has 8 heteroatoms. The van der Waals surface area contributed by atoms with Crippen molar-refractivity contribution >= 4 is 23.9 Å². The molecule has 11 unspecified atom stereocenters. The average molecular weight is 848 g/mol. The minimum Gasteiger partial charge on any atom is -0.457 e. The number of esters is 4. The SMILES string of the molecule is CC1CC1CCC(C)C1CCC2C3CCC4CC(c5ccc(Oc6ccc7c(c6)C(=O)OC7=O)cc5)(c5ccc(Oc6ccc7c(c6)C(=[OH+])OC7=O)cc5)CCC4(C)C3CCC12C. The summed E-state index contributed by atoms with van der Waals surface area (Å²) in [7, 11) is 0. The van der Waals surface area contributed by atoms with Crippen molar-refractivity contribution in [3.8, 4) is 23.0 Å². The van der Waals surface area contributed by atoms with Crippen molar-refractivity contribution in [2.45, 2.75) is 110 Å². The maximum Gasteiger partial charge on any atom is 0.527 e. The van der Waals surface area contributed by atoms with Gasteiger partial charge in [0.2, 0.25) is 0 Å². The highest BCUT2D eigenvalue weighted by atomic mass is 16.6. The zero-order valence-electron chi connectivity index (χ0n) is 37.0. The minimum atomic E-state index is -0.651. The lowest BCUT2D eigenvalue weighted by molar-refractivity contribution is -0.122. The van der Waals surface area contributed by atoms with Gasteiger partial charge in [0.1, 0.15) is 34.1 Å². The number of carbonyl (C=O) groups is 3. The summed E-state index contributed by atoms with van der Waals surface area (Å²) in [4.78, 5) is 46.6. The Balaban J connectivity index is 0.863. The highest BCUT2D eigenvalue weighted by molar-refractivity contribution is 6.15. The molecule has 5 fully saturated rings. The third-order valence-electron chi connectivity index (χ3n) is 18.3. The van der Waals surface area contributed by atoms with Crippen LogP contribution < -0.4 is 9.47 Å². The van der Waals surface area contributed by atoms with Crippen LogP contribution in [0.15, 0.2) is 84.9 Å². The Hall–Kier alpha value is -5.24. The molecule has 2 aliphatic heterocycles. The van der Waals surface area contributed by atoms with Crippen LogP contribution in [-0.4, -0.2) is 28.7 Å². The van der Waals surface area contributed by atoms with Gasteiger partial charge >= 0.3 is 23.9 Å². The van der Waals surface area contributed by atoms with Gasteiger partial charge in [-0.15, -0.1) is 0 Å². The fourth-order valence-electron chi connectivity index (χ4n) is 14.6. The van der Waals surface area contributed by atoms with E-state index in [4.69, 9.17) is 18.9 Å². The summed E-state index contributed by atoms with van der Waals surface area (Å²) in [6.45, 7) is 10.4. The third-order valence-corrected chi connectivity index (χ3v) is 18.3. The van der Waals surface area contributed by atoms with Gasteiger partial charge < -0.3 is 19.0 Å². The Morgan fingerprint density at radius 1 is 0.651 bits per heavy atom. The number of carbonyl (C=O) groups excluding carboxylic acids is 4. The Morgan fingerprint density at radius 2 is 1.22 bits per heavy atom. The lowest BCUT2D eigenvalue weighted by atomic mass is 9.42. The van der Waals surface area contributed by atoms with Crippen molar-refractivity contribution in [2.24, 2.45) is 58.2 Å². The Morgan fingerprint density at radius 3 is 1.87 bits per heavy atom. The first kappa shape index (κ1) is 40.5. The molecule has 4 aromatic rings. The molecule has 5 aliphatic carbocycles. The van der Waals surface area contributed by atoms with Crippen molar-refractivity contribution < 1.29 is 38.1 Å². The van der Waals surface area contributed by atoms with E-state index in [2.05, 4.69) is 52.0 Å². The van der Waals surface area contributed by atoms with Crippen LogP contribution in [0.3, 0.4) is 0 Å². The molecule has 0 bridgehead atoms. The van der Waals surface area contributed by atoms with Crippen LogP contribution in [0.2, 0.25) is 0 Å². The van der Waals surface area contributed by atoms with Crippen LogP contribution in [0.25, 0.3) is 0 Å². The molecule has 1 N–H and O–H groups in total. The van der Waals surface area contributed by atoms with Gasteiger partial charge in [0, 0.05) is 11.5 Å². The second kappa shape index (κ2) is 14.9. The Bertz CT molecular complexity index is 2400. The van der Waals surface area contributed by atoms with Crippen LogP contribution in [0.5, 0.6) is 23.0 Å². The van der Waals surface area contributed by atoms with Gasteiger partial charge in [0.25, 0.3) is 0 Å². The summed E-state index contributed by atoms with van der Waals surface area (Å²) in [5.41, 5.74) is 4.20. The van der Waals surface area contributed by atoms with Crippen LogP contribution in [0, 0.1) is 58.2 Å². The normalized spacial score (nSPS) is 34.2. The van der Waals surface area contributed by atoms with Crippen LogP contribution in [0.4, 0.5) is 0 Å². The molecule has 8 nitrogen and oxygen atoms in total. The van der Waals surface area contributed by atoms with Gasteiger partial charge in [0.05, 0.1) is 11.1 Å². The maximum absolute atomic E-state index is 12.3. The monoisotopic (exact) mass is 847 g/mol. The van der Waals surface area contributed by atoms with Crippen LogP contribution in [-0.2, 0) is 14.9 Å². The molecule has 0 spiro atoms. The van der Waals surface area contributed by atoms with E-state index >= 15 is 0 Å². The minimum absolute atomic E-state index is 0.223. The molecule has 326 valence electrons. The van der Waals surface area contributed by atoms with E-state index in [1.807, 2.05) is 24.3 Å². The van der Waals surface area contributed by atoms with Gasteiger partial charge in [-0.3, -0.25) is 0 Å². The molecule has 0 saturated heterocycles. The van der Waals surface area contributed by atoms with E-state index in [1.165, 1.54) is 75.3 Å². The van der Waals surface area contributed by atoms with Gasteiger partial charge in [-0.05, 0) is 195 Å². The highest BCUT2D eigenvalue weighted by Gasteiger charge is 2.62. The van der Waals surface area contributed by atoms with Gasteiger partial charge in [-0.25, -0.2) is 19.1 Å². The number of benzene rings is 4. The molecule has 5 saturated carbocycles. The molecule has 0 aromatic heterocycles. The first-order chi connectivity index (χ1) is 30.3. The van der Waals surface area contributed by atoms with E-state index in [-0.39, 0.29) is 16.5 Å². The number of fused-ring (bicyclic) bond motifs is 7. The summed E-state index contributed by atoms with van der Waals surface area (Å²) in [5.74, 6) is 6.73. The van der Waals surface area contributed by atoms with Crippen molar-refractivity contribution in [1.82, 2.24) is 0 Å². The lowest BCUT2D eigenvalue weighted by Crippen LogP contribution is -2.55. The van der Waals surface area contributed by atoms with E-state index in [0.29, 0.717) is 50.9 Å². The number of cyclic esters (lactones) is 4. The van der Waals surface area contributed by atoms with Gasteiger partial charge in [-0.2, -0.15) is 0 Å². The first-order valence-corrected chi connectivity index (χ1v) is 23.7. The number of ether oxygens (including phenoxy) is 4. The van der Waals surface area contributed by atoms with Crippen molar-refractivity contribution in [2.75, 3.05) is 0 Å². The topological polar surface area (TPSA) is 110 Å². The van der Waals surface area contributed by atoms with E-state index in [1.54, 1.807) is 36.4 Å². The number of hydrogen-bond acceptors (Lipinski definition) is 7. The maximum atomic E-state index is 12.3. The molecule has 0 radical (unpaired) electrons. The Kier molecular flexibility index (Phi) is 9.60. The average Bonchev–Trinajstić information content (AvgIpc) is 3.60.